The first-order valence-electron chi connectivity index (χ1n) is 12.3. The fraction of sp³-hybridized carbons (Fsp3) is 0.172. The first-order valence-corrected chi connectivity index (χ1v) is 13.3. The van der Waals surface area contributed by atoms with Crippen molar-refractivity contribution >= 4 is 56.9 Å². The highest BCUT2D eigenvalue weighted by molar-refractivity contribution is 8.14. The Kier molecular flexibility index (Phi) is 6.10. The second-order valence-electron chi connectivity index (χ2n) is 9.00. The zero-order valence-corrected chi connectivity index (χ0v) is 21.1. The number of nitrogens with zero attached hydrogens (tertiary/aromatic N) is 3. The molecule has 4 aromatic rings. The van der Waals surface area contributed by atoms with Crippen molar-refractivity contribution in [1.29, 1.82) is 0 Å². The van der Waals surface area contributed by atoms with Crippen LogP contribution in [0.25, 0.3) is 10.9 Å². The molecule has 184 valence electrons. The third-order valence-electron chi connectivity index (χ3n) is 6.61. The van der Waals surface area contributed by atoms with E-state index in [1.54, 1.807) is 4.90 Å². The lowest BCUT2D eigenvalue weighted by atomic mass is 10.1. The van der Waals surface area contributed by atoms with Gasteiger partial charge in [0.2, 0.25) is 5.91 Å². The van der Waals surface area contributed by atoms with Crippen LogP contribution in [0.15, 0.2) is 89.0 Å². The smallest absolute Gasteiger partial charge is 0.259 e. The number of thioether (sulfide) groups is 1. The standard InChI is InChI=1S/C29H25N5O2S/c1-2-18-11-13-20(14-12-18)31-26(35)17-37-29-33-24-10-6-4-8-22(24)27-32-25(28(36)34(27)29)15-19-16-30-23-9-5-3-7-21(19)23/h3-14,16,25,30H,2,15,17H2,1H3,(H,31,35)/t25-/m1/s1. The molecule has 0 aliphatic carbocycles. The predicted molar refractivity (Wildman–Crippen MR) is 150 cm³/mol. The first-order chi connectivity index (χ1) is 18.1. The number of amides is 2. The fourth-order valence-electron chi connectivity index (χ4n) is 4.69. The van der Waals surface area contributed by atoms with Crippen LogP contribution in [0, 0.1) is 0 Å². The Morgan fingerprint density at radius 2 is 1.84 bits per heavy atom. The van der Waals surface area contributed by atoms with Gasteiger partial charge >= 0.3 is 0 Å². The van der Waals surface area contributed by atoms with Crippen LogP contribution in [0.5, 0.6) is 0 Å². The van der Waals surface area contributed by atoms with Crippen molar-refractivity contribution in [2.75, 3.05) is 11.1 Å². The lowest BCUT2D eigenvalue weighted by Crippen LogP contribution is -2.41. The fourth-order valence-corrected chi connectivity index (χ4v) is 5.49. The number of carbonyl (C=O) groups is 2. The minimum Gasteiger partial charge on any atom is -0.361 e. The van der Waals surface area contributed by atoms with Crippen LogP contribution in [0.2, 0.25) is 0 Å². The lowest BCUT2D eigenvalue weighted by Gasteiger charge is -2.25. The van der Waals surface area contributed by atoms with Crippen LogP contribution in [0.1, 0.15) is 23.6 Å². The molecule has 2 N–H and O–H groups in total. The van der Waals surface area contributed by atoms with Gasteiger partial charge in [-0.15, -0.1) is 0 Å². The molecule has 0 fully saturated rings. The van der Waals surface area contributed by atoms with Gasteiger partial charge < -0.3 is 10.3 Å². The number of benzene rings is 3. The van der Waals surface area contributed by atoms with Crippen LogP contribution in [-0.4, -0.2) is 44.5 Å². The van der Waals surface area contributed by atoms with E-state index >= 15 is 0 Å². The summed E-state index contributed by atoms with van der Waals surface area (Å²) < 4.78 is 0. The Balaban J connectivity index is 1.23. The minimum atomic E-state index is -0.558. The van der Waals surface area contributed by atoms with E-state index in [0.717, 1.165) is 39.8 Å². The van der Waals surface area contributed by atoms with Gasteiger partial charge in [-0.25, -0.2) is 9.89 Å². The SMILES string of the molecule is CCc1ccc(NC(=O)CSC2=Nc3ccccc3C3=N[C@H](Cc4c[nH]c5ccccc45)C(=O)N23)cc1. The Labute approximate surface area is 218 Å². The molecule has 0 radical (unpaired) electrons. The molecule has 1 aromatic heterocycles. The summed E-state index contributed by atoms with van der Waals surface area (Å²) in [6.07, 6.45) is 3.38. The zero-order chi connectivity index (χ0) is 25.4. The second kappa shape index (κ2) is 9.71. The molecule has 0 saturated carbocycles. The summed E-state index contributed by atoms with van der Waals surface area (Å²) in [5.41, 5.74) is 5.61. The summed E-state index contributed by atoms with van der Waals surface area (Å²) in [6.45, 7) is 2.09. The van der Waals surface area contributed by atoms with Crippen molar-refractivity contribution in [1.82, 2.24) is 9.88 Å². The van der Waals surface area contributed by atoms with Crippen molar-refractivity contribution in [3.63, 3.8) is 0 Å². The molecule has 37 heavy (non-hydrogen) atoms. The maximum absolute atomic E-state index is 13.6. The largest absolute Gasteiger partial charge is 0.361 e. The number of fused-ring (bicyclic) bond motifs is 4. The summed E-state index contributed by atoms with van der Waals surface area (Å²) in [5.74, 6) is 0.437. The van der Waals surface area contributed by atoms with Gasteiger partial charge in [0.15, 0.2) is 5.17 Å². The Hall–Kier alpha value is -4.17. The number of nitrogens with one attached hydrogen (secondary N) is 2. The topological polar surface area (TPSA) is 89.9 Å². The van der Waals surface area contributed by atoms with Crippen molar-refractivity contribution in [2.45, 2.75) is 25.8 Å². The molecule has 2 aliphatic rings. The van der Waals surface area contributed by atoms with Crippen LogP contribution in [0.3, 0.4) is 0 Å². The van der Waals surface area contributed by atoms with Gasteiger partial charge in [-0.2, -0.15) is 0 Å². The monoisotopic (exact) mass is 507 g/mol. The highest BCUT2D eigenvalue weighted by Gasteiger charge is 2.41. The van der Waals surface area contributed by atoms with Gasteiger partial charge in [0.1, 0.15) is 11.9 Å². The third-order valence-corrected chi connectivity index (χ3v) is 7.55. The molecule has 2 aliphatic heterocycles. The number of aromatic nitrogens is 1. The van der Waals surface area contributed by atoms with Crippen LogP contribution >= 0.6 is 11.8 Å². The Bertz CT molecular complexity index is 1570. The van der Waals surface area contributed by atoms with Crippen molar-refractivity contribution in [2.24, 2.45) is 9.98 Å². The molecule has 0 spiro atoms. The maximum atomic E-state index is 13.6. The third kappa shape index (κ3) is 4.44. The van der Waals surface area contributed by atoms with E-state index in [1.165, 1.54) is 17.3 Å². The van der Waals surface area contributed by atoms with Crippen molar-refractivity contribution in [3.8, 4) is 0 Å². The average molecular weight is 508 g/mol. The second-order valence-corrected chi connectivity index (χ2v) is 9.95. The number of rotatable bonds is 6. The molecule has 0 saturated heterocycles. The van der Waals surface area contributed by atoms with Crippen LogP contribution in [-0.2, 0) is 22.4 Å². The summed E-state index contributed by atoms with van der Waals surface area (Å²) in [6, 6.07) is 23.0. The highest BCUT2D eigenvalue weighted by Crippen LogP contribution is 2.34. The summed E-state index contributed by atoms with van der Waals surface area (Å²) in [4.78, 5) is 40.8. The molecule has 8 heteroatoms. The van der Waals surface area contributed by atoms with Gasteiger partial charge in [0.05, 0.1) is 11.4 Å². The molecule has 3 aromatic carbocycles. The molecule has 3 heterocycles. The number of aryl methyl sites for hydroxylation is 1. The van der Waals surface area contributed by atoms with Crippen LogP contribution < -0.4 is 5.32 Å². The van der Waals surface area contributed by atoms with E-state index in [-0.39, 0.29) is 17.6 Å². The quantitative estimate of drug-likeness (QED) is 0.371. The van der Waals surface area contributed by atoms with Gasteiger partial charge in [0, 0.05) is 34.8 Å². The molecule has 2 amide bonds. The highest BCUT2D eigenvalue weighted by atomic mass is 32.2. The number of carbonyl (C=O) groups excluding carboxylic acids is 2. The number of hydrogen-bond donors (Lipinski definition) is 2. The van der Waals surface area contributed by atoms with Crippen LogP contribution in [0.4, 0.5) is 11.4 Å². The average Bonchev–Trinajstić information content (AvgIpc) is 3.49. The summed E-state index contributed by atoms with van der Waals surface area (Å²) >= 11 is 1.24. The Morgan fingerprint density at radius 3 is 2.68 bits per heavy atom. The van der Waals surface area contributed by atoms with E-state index in [0.29, 0.717) is 17.4 Å². The number of para-hydroxylation sites is 2. The summed E-state index contributed by atoms with van der Waals surface area (Å²) in [7, 11) is 0. The molecule has 0 unspecified atom stereocenters. The lowest BCUT2D eigenvalue weighted by molar-refractivity contribution is -0.124. The molecule has 1 atom stereocenters. The van der Waals surface area contributed by atoms with Gasteiger partial charge in [-0.05, 0) is 47.9 Å². The number of anilines is 1. The van der Waals surface area contributed by atoms with Gasteiger partial charge in [0.25, 0.3) is 5.91 Å². The number of amidine groups is 2. The number of hydrogen-bond acceptors (Lipinski definition) is 5. The molecule has 7 nitrogen and oxygen atoms in total. The normalized spacial score (nSPS) is 16.3. The van der Waals surface area contributed by atoms with Gasteiger partial charge in [-0.1, -0.05) is 61.2 Å². The zero-order valence-electron chi connectivity index (χ0n) is 20.3. The van der Waals surface area contributed by atoms with E-state index in [1.807, 2.05) is 79.0 Å². The minimum absolute atomic E-state index is 0.126. The number of aliphatic imine (C=N–C) groups is 2. The molecular formula is C29H25N5O2S. The number of aromatic amines is 1. The van der Waals surface area contributed by atoms with Crippen molar-refractivity contribution in [3.05, 3.63) is 95.7 Å². The van der Waals surface area contributed by atoms with Gasteiger partial charge in [-0.3, -0.25) is 14.6 Å². The Morgan fingerprint density at radius 1 is 1.05 bits per heavy atom. The maximum Gasteiger partial charge on any atom is 0.259 e. The molecule has 6 rings (SSSR count). The van der Waals surface area contributed by atoms with E-state index in [4.69, 9.17) is 9.98 Å². The number of H-pyrrole nitrogens is 1. The van der Waals surface area contributed by atoms with E-state index < -0.39 is 6.04 Å². The predicted octanol–water partition coefficient (Wildman–Crippen LogP) is 5.30. The van der Waals surface area contributed by atoms with E-state index in [9.17, 15) is 9.59 Å². The van der Waals surface area contributed by atoms with E-state index in [2.05, 4.69) is 17.2 Å². The first kappa shape index (κ1) is 23.2. The van der Waals surface area contributed by atoms with Crippen molar-refractivity contribution < 1.29 is 9.59 Å². The molecule has 0 bridgehead atoms. The molecular weight excluding hydrogens is 482 g/mol. The summed E-state index contributed by atoms with van der Waals surface area (Å²) in [5, 5.41) is 4.49.